The van der Waals surface area contributed by atoms with Crippen LogP contribution in [0, 0.1) is 5.92 Å². The van der Waals surface area contributed by atoms with Gasteiger partial charge in [0.05, 0.1) is 0 Å². The minimum absolute atomic E-state index is 0.0952. The van der Waals surface area contributed by atoms with Gasteiger partial charge < -0.3 is 19.4 Å². The van der Waals surface area contributed by atoms with Gasteiger partial charge in [0.15, 0.2) is 5.69 Å². The zero-order valence-corrected chi connectivity index (χ0v) is 12.5. The van der Waals surface area contributed by atoms with Crippen LogP contribution in [-0.2, 0) is 4.79 Å². The SMILES string of the molecule is O=C(c1ccon1)N1CC[C@@H]2[C@@H](CCC(=O)N2CCCO)C1. The summed E-state index contributed by atoms with van der Waals surface area (Å²) in [5, 5.41) is 12.7. The second kappa shape index (κ2) is 6.48. The van der Waals surface area contributed by atoms with E-state index in [1.807, 2.05) is 4.90 Å². The first kappa shape index (κ1) is 15.0. The molecule has 1 aromatic heterocycles. The van der Waals surface area contributed by atoms with Gasteiger partial charge >= 0.3 is 0 Å². The van der Waals surface area contributed by atoms with E-state index in [4.69, 9.17) is 9.63 Å². The number of aliphatic hydroxyl groups excluding tert-OH is 1. The number of piperidine rings is 2. The third-order valence-electron chi connectivity index (χ3n) is 4.64. The van der Waals surface area contributed by atoms with E-state index in [9.17, 15) is 9.59 Å². The predicted octanol–water partition coefficient (Wildman–Crippen LogP) is 0.510. The van der Waals surface area contributed by atoms with E-state index in [0.717, 1.165) is 12.8 Å². The van der Waals surface area contributed by atoms with Crippen LogP contribution in [0.2, 0.25) is 0 Å². The first-order valence-electron chi connectivity index (χ1n) is 7.80. The van der Waals surface area contributed by atoms with E-state index < -0.39 is 0 Å². The summed E-state index contributed by atoms with van der Waals surface area (Å²) in [6, 6.07) is 1.76. The molecule has 7 heteroatoms. The number of amides is 2. The molecule has 1 aromatic rings. The number of fused-ring (bicyclic) bond motifs is 1. The van der Waals surface area contributed by atoms with Gasteiger partial charge in [-0.25, -0.2) is 0 Å². The van der Waals surface area contributed by atoms with E-state index in [2.05, 4.69) is 5.16 Å². The molecule has 1 N–H and O–H groups in total. The van der Waals surface area contributed by atoms with Crippen LogP contribution < -0.4 is 0 Å². The zero-order valence-electron chi connectivity index (χ0n) is 12.5. The Labute approximate surface area is 128 Å². The van der Waals surface area contributed by atoms with Gasteiger partial charge in [0.25, 0.3) is 5.91 Å². The molecule has 2 atom stereocenters. The van der Waals surface area contributed by atoms with E-state index in [0.29, 0.717) is 44.1 Å². The summed E-state index contributed by atoms with van der Waals surface area (Å²) < 4.78 is 4.73. The van der Waals surface area contributed by atoms with Crippen molar-refractivity contribution in [2.45, 2.75) is 31.7 Å². The maximum absolute atomic E-state index is 12.3. The van der Waals surface area contributed by atoms with Crippen molar-refractivity contribution in [1.29, 1.82) is 0 Å². The van der Waals surface area contributed by atoms with Crippen molar-refractivity contribution in [3.8, 4) is 0 Å². The van der Waals surface area contributed by atoms with Crippen LogP contribution in [0.5, 0.6) is 0 Å². The van der Waals surface area contributed by atoms with Gasteiger partial charge in [0, 0.05) is 44.8 Å². The average Bonchev–Trinajstić information content (AvgIpc) is 3.07. The number of likely N-dealkylation sites (tertiary alicyclic amines) is 2. The summed E-state index contributed by atoms with van der Waals surface area (Å²) in [4.78, 5) is 28.2. The van der Waals surface area contributed by atoms with Crippen LogP contribution in [0.3, 0.4) is 0 Å². The van der Waals surface area contributed by atoms with Gasteiger partial charge in [0.1, 0.15) is 6.26 Å². The highest BCUT2D eigenvalue weighted by atomic mass is 16.5. The molecule has 7 nitrogen and oxygen atoms in total. The molecule has 0 aromatic carbocycles. The first-order chi connectivity index (χ1) is 10.7. The molecule has 2 aliphatic rings. The molecule has 3 rings (SSSR count). The second-order valence-corrected chi connectivity index (χ2v) is 5.95. The minimum Gasteiger partial charge on any atom is -0.396 e. The normalized spacial score (nSPS) is 25.2. The summed E-state index contributed by atoms with van der Waals surface area (Å²) in [5.41, 5.74) is 0.336. The third-order valence-corrected chi connectivity index (χ3v) is 4.64. The maximum Gasteiger partial charge on any atom is 0.276 e. The number of carbonyl (C=O) groups is 2. The third kappa shape index (κ3) is 2.85. The molecule has 0 spiro atoms. The number of carbonyl (C=O) groups excluding carboxylic acids is 2. The van der Waals surface area contributed by atoms with Crippen molar-refractivity contribution in [3.05, 3.63) is 18.0 Å². The fraction of sp³-hybridized carbons (Fsp3) is 0.667. The Morgan fingerprint density at radius 1 is 1.45 bits per heavy atom. The lowest BCUT2D eigenvalue weighted by atomic mass is 9.83. The molecular weight excluding hydrogens is 286 g/mol. The average molecular weight is 307 g/mol. The predicted molar refractivity (Wildman–Crippen MR) is 77.0 cm³/mol. The fourth-order valence-electron chi connectivity index (χ4n) is 3.55. The topological polar surface area (TPSA) is 86.9 Å². The minimum atomic E-state index is -0.106. The first-order valence-corrected chi connectivity index (χ1v) is 7.80. The molecule has 3 heterocycles. The number of hydrogen-bond acceptors (Lipinski definition) is 5. The van der Waals surface area contributed by atoms with Gasteiger partial charge in [-0.3, -0.25) is 9.59 Å². The number of aliphatic hydroxyl groups is 1. The van der Waals surface area contributed by atoms with E-state index >= 15 is 0 Å². The number of rotatable bonds is 4. The van der Waals surface area contributed by atoms with E-state index in [1.165, 1.54) is 6.26 Å². The van der Waals surface area contributed by atoms with Crippen molar-refractivity contribution in [1.82, 2.24) is 15.0 Å². The van der Waals surface area contributed by atoms with Gasteiger partial charge in [-0.1, -0.05) is 5.16 Å². The molecule has 0 saturated carbocycles. The summed E-state index contributed by atoms with van der Waals surface area (Å²) in [7, 11) is 0. The molecular formula is C15H21N3O4. The number of aromatic nitrogens is 1. The Morgan fingerprint density at radius 2 is 2.32 bits per heavy atom. The monoisotopic (exact) mass is 307 g/mol. The molecule has 2 aliphatic heterocycles. The highest BCUT2D eigenvalue weighted by Crippen LogP contribution is 2.31. The van der Waals surface area contributed by atoms with Crippen molar-refractivity contribution >= 4 is 11.8 Å². The molecule has 2 amide bonds. The maximum atomic E-state index is 12.3. The molecule has 0 radical (unpaired) electrons. The molecule has 2 saturated heterocycles. The summed E-state index contributed by atoms with van der Waals surface area (Å²) in [6.07, 6.45) is 4.14. The van der Waals surface area contributed by atoms with Crippen LogP contribution in [0.15, 0.2) is 16.9 Å². The Hall–Kier alpha value is -1.89. The fourth-order valence-corrected chi connectivity index (χ4v) is 3.55. The molecule has 0 unspecified atom stereocenters. The molecule has 22 heavy (non-hydrogen) atoms. The zero-order chi connectivity index (χ0) is 15.5. The largest absolute Gasteiger partial charge is 0.396 e. The number of nitrogens with zero attached hydrogens (tertiary/aromatic N) is 3. The van der Waals surface area contributed by atoms with E-state index in [-0.39, 0.29) is 24.5 Å². The number of hydrogen-bond donors (Lipinski definition) is 1. The Bertz CT molecular complexity index is 531. The lowest BCUT2D eigenvalue weighted by Gasteiger charge is -2.47. The Balaban J connectivity index is 1.66. The lowest BCUT2D eigenvalue weighted by molar-refractivity contribution is -0.140. The molecule has 0 aliphatic carbocycles. The van der Waals surface area contributed by atoms with Crippen molar-refractivity contribution in [2.75, 3.05) is 26.2 Å². The molecule has 0 bridgehead atoms. The molecule has 2 fully saturated rings. The smallest absolute Gasteiger partial charge is 0.276 e. The van der Waals surface area contributed by atoms with Crippen LogP contribution in [-0.4, -0.2) is 64.2 Å². The van der Waals surface area contributed by atoms with Crippen LogP contribution in [0.4, 0.5) is 0 Å². The van der Waals surface area contributed by atoms with Gasteiger partial charge in [-0.15, -0.1) is 0 Å². The summed E-state index contributed by atoms with van der Waals surface area (Å²) in [5.74, 6) is 0.373. The van der Waals surface area contributed by atoms with Gasteiger partial charge in [-0.05, 0) is 25.2 Å². The Morgan fingerprint density at radius 3 is 3.05 bits per heavy atom. The second-order valence-electron chi connectivity index (χ2n) is 5.95. The standard InChI is InChI=1S/C15H21N3O4/c19-8-1-6-18-13-4-7-17(10-11(13)2-3-14(18)20)15(21)12-5-9-22-16-12/h5,9,11,13,19H,1-4,6-8,10H2/t11-,13+/m0/s1. The molecule has 120 valence electrons. The lowest BCUT2D eigenvalue weighted by Crippen LogP contribution is -2.57. The van der Waals surface area contributed by atoms with Gasteiger partial charge in [-0.2, -0.15) is 0 Å². The summed E-state index contributed by atoms with van der Waals surface area (Å²) >= 11 is 0. The van der Waals surface area contributed by atoms with Crippen LogP contribution >= 0.6 is 0 Å². The highest BCUT2D eigenvalue weighted by Gasteiger charge is 2.40. The van der Waals surface area contributed by atoms with Crippen molar-refractivity contribution < 1.29 is 19.2 Å². The van der Waals surface area contributed by atoms with Gasteiger partial charge in [0.2, 0.25) is 5.91 Å². The summed E-state index contributed by atoms with van der Waals surface area (Å²) in [6.45, 7) is 1.97. The highest BCUT2D eigenvalue weighted by molar-refractivity contribution is 5.92. The van der Waals surface area contributed by atoms with Crippen molar-refractivity contribution in [2.24, 2.45) is 5.92 Å². The quantitative estimate of drug-likeness (QED) is 0.876. The van der Waals surface area contributed by atoms with Crippen LogP contribution in [0.1, 0.15) is 36.2 Å². The Kier molecular flexibility index (Phi) is 4.42. The van der Waals surface area contributed by atoms with Crippen molar-refractivity contribution in [3.63, 3.8) is 0 Å². The van der Waals surface area contributed by atoms with E-state index in [1.54, 1.807) is 11.0 Å². The van der Waals surface area contributed by atoms with Crippen LogP contribution in [0.25, 0.3) is 0 Å².